The summed E-state index contributed by atoms with van der Waals surface area (Å²) < 4.78 is 16.1. The monoisotopic (exact) mass is 296 g/mol. The van der Waals surface area contributed by atoms with Crippen LogP contribution in [0.2, 0.25) is 0 Å². The van der Waals surface area contributed by atoms with Crippen LogP contribution in [0.1, 0.15) is 25.3 Å². The van der Waals surface area contributed by atoms with Gasteiger partial charge in [-0.25, -0.2) is 0 Å². The molecular weight excluding hydrogens is 268 g/mol. The Hall–Kier alpha value is -1.46. The Labute approximate surface area is 128 Å². The Bertz CT molecular complexity index is 411. The summed E-state index contributed by atoms with van der Waals surface area (Å²) in [6.45, 7) is 6.02. The van der Waals surface area contributed by atoms with Gasteiger partial charge in [-0.1, -0.05) is 13.0 Å². The summed E-state index contributed by atoms with van der Waals surface area (Å²) in [5, 5.41) is 6.81. The lowest BCUT2D eigenvalue weighted by Crippen LogP contribution is -2.22. The molecule has 0 saturated carbocycles. The maximum Gasteiger partial charge on any atom is 0.203 e. The van der Waals surface area contributed by atoms with Gasteiger partial charge in [-0.15, -0.1) is 0 Å². The van der Waals surface area contributed by atoms with E-state index in [1.54, 1.807) is 21.3 Å². The summed E-state index contributed by atoms with van der Waals surface area (Å²) in [5.41, 5.74) is 1.07. The third-order valence-electron chi connectivity index (χ3n) is 3.24. The number of ether oxygens (including phenoxy) is 3. The molecule has 0 aliphatic heterocycles. The van der Waals surface area contributed by atoms with Crippen molar-refractivity contribution < 1.29 is 14.2 Å². The molecular formula is C16H28N2O3. The van der Waals surface area contributed by atoms with E-state index in [1.165, 1.54) is 6.42 Å². The number of benzene rings is 1. The van der Waals surface area contributed by atoms with Crippen molar-refractivity contribution in [1.29, 1.82) is 0 Å². The average molecular weight is 296 g/mol. The molecule has 0 aliphatic carbocycles. The van der Waals surface area contributed by atoms with E-state index in [-0.39, 0.29) is 0 Å². The summed E-state index contributed by atoms with van der Waals surface area (Å²) in [4.78, 5) is 0. The summed E-state index contributed by atoms with van der Waals surface area (Å²) >= 11 is 0. The molecule has 0 fully saturated rings. The van der Waals surface area contributed by atoms with Crippen molar-refractivity contribution in [3.8, 4) is 17.2 Å². The molecule has 5 nitrogen and oxygen atoms in total. The highest BCUT2D eigenvalue weighted by molar-refractivity contribution is 5.55. The van der Waals surface area contributed by atoms with E-state index in [2.05, 4.69) is 17.6 Å². The molecule has 0 amide bonds. The van der Waals surface area contributed by atoms with E-state index in [4.69, 9.17) is 14.2 Å². The zero-order valence-electron chi connectivity index (χ0n) is 13.6. The van der Waals surface area contributed by atoms with Crippen LogP contribution in [0.5, 0.6) is 17.2 Å². The molecule has 0 heterocycles. The number of rotatable bonds is 11. The highest BCUT2D eigenvalue weighted by Crippen LogP contribution is 2.39. The SMILES string of the molecule is CCCNCCCNCc1ccc(OC)c(OC)c1OC. The molecule has 1 rings (SSSR count). The molecule has 0 radical (unpaired) electrons. The molecule has 5 heteroatoms. The molecule has 1 aromatic rings. The third kappa shape index (κ3) is 5.44. The second kappa shape index (κ2) is 10.3. The minimum Gasteiger partial charge on any atom is -0.493 e. The molecule has 2 N–H and O–H groups in total. The van der Waals surface area contributed by atoms with Gasteiger partial charge in [0.05, 0.1) is 21.3 Å². The zero-order valence-corrected chi connectivity index (χ0v) is 13.6. The van der Waals surface area contributed by atoms with E-state index < -0.39 is 0 Å². The molecule has 0 aromatic heterocycles. The molecule has 0 atom stereocenters. The first-order valence-corrected chi connectivity index (χ1v) is 7.47. The Kier molecular flexibility index (Phi) is 8.62. The summed E-state index contributed by atoms with van der Waals surface area (Å²) in [6.07, 6.45) is 2.28. The van der Waals surface area contributed by atoms with Crippen molar-refractivity contribution in [2.24, 2.45) is 0 Å². The molecule has 0 aliphatic rings. The standard InChI is InChI=1S/C16H28N2O3/c1-5-9-17-10-6-11-18-12-13-7-8-14(19-2)16(21-4)15(13)20-3/h7-8,17-18H,5-6,9-12H2,1-4H3. The van der Waals surface area contributed by atoms with Gasteiger partial charge in [0.1, 0.15) is 0 Å². The molecule has 0 spiro atoms. The van der Waals surface area contributed by atoms with Crippen LogP contribution in [-0.2, 0) is 6.54 Å². The van der Waals surface area contributed by atoms with Crippen molar-refractivity contribution in [2.75, 3.05) is 41.0 Å². The maximum atomic E-state index is 5.46. The lowest BCUT2D eigenvalue weighted by molar-refractivity contribution is 0.321. The first-order chi connectivity index (χ1) is 10.3. The highest BCUT2D eigenvalue weighted by Gasteiger charge is 2.15. The predicted molar refractivity (Wildman–Crippen MR) is 85.6 cm³/mol. The molecule has 0 saturated heterocycles. The number of methoxy groups -OCH3 is 3. The van der Waals surface area contributed by atoms with Crippen molar-refractivity contribution in [2.45, 2.75) is 26.3 Å². The van der Waals surface area contributed by atoms with Crippen LogP contribution in [0.15, 0.2) is 12.1 Å². The first kappa shape index (κ1) is 17.6. The van der Waals surface area contributed by atoms with Gasteiger partial charge in [0.15, 0.2) is 11.5 Å². The molecule has 120 valence electrons. The van der Waals surface area contributed by atoms with E-state index >= 15 is 0 Å². The second-order valence-corrected chi connectivity index (χ2v) is 4.77. The quantitative estimate of drug-likeness (QED) is 0.613. The second-order valence-electron chi connectivity index (χ2n) is 4.77. The van der Waals surface area contributed by atoms with E-state index in [1.807, 2.05) is 12.1 Å². The Morgan fingerprint density at radius 2 is 1.57 bits per heavy atom. The third-order valence-corrected chi connectivity index (χ3v) is 3.24. The van der Waals surface area contributed by atoms with Gasteiger partial charge in [-0.05, 0) is 38.5 Å². The van der Waals surface area contributed by atoms with Crippen molar-refractivity contribution in [3.05, 3.63) is 17.7 Å². The van der Waals surface area contributed by atoms with Crippen LogP contribution in [0.3, 0.4) is 0 Å². The molecule has 0 bridgehead atoms. The largest absolute Gasteiger partial charge is 0.493 e. The van der Waals surface area contributed by atoms with Crippen LogP contribution >= 0.6 is 0 Å². The van der Waals surface area contributed by atoms with Crippen molar-refractivity contribution >= 4 is 0 Å². The fourth-order valence-corrected chi connectivity index (χ4v) is 2.17. The van der Waals surface area contributed by atoms with Crippen molar-refractivity contribution in [1.82, 2.24) is 10.6 Å². The highest BCUT2D eigenvalue weighted by atomic mass is 16.5. The predicted octanol–water partition coefficient (Wildman–Crippen LogP) is 2.19. The smallest absolute Gasteiger partial charge is 0.203 e. The van der Waals surface area contributed by atoms with Crippen LogP contribution in [0.25, 0.3) is 0 Å². The van der Waals surface area contributed by atoms with Crippen molar-refractivity contribution in [3.63, 3.8) is 0 Å². The number of nitrogens with one attached hydrogen (secondary N) is 2. The Balaban J connectivity index is 2.51. The number of hydrogen-bond acceptors (Lipinski definition) is 5. The minimum absolute atomic E-state index is 0.643. The molecule has 0 unspecified atom stereocenters. The number of hydrogen-bond donors (Lipinski definition) is 2. The van der Waals surface area contributed by atoms with Gasteiger partial charge in [0.2, 0.25) is 5.75 Å². The van der Waals surface area contributed by atoms with Gasteiger partial charge in [-0.3, -0.25) is 0 Å². The lowest BCUT2D eigenvalue weighted by atomic mass is 10.1. The normalized spacial score (nSPS) is 10.5. The Morgan fingerprint density at radius 3 is 2.19 bits per heavy atom. The molecule has 1 aromatic carbocycles. The summed E-state index contributed by atoms with van der Waals surface area (Å²) in [5.74, 6) is 2.05. The first-order valence-electron chi connectivity index (χ1n) is 7.47. The van der Waals surface area contributed by atoms with E-state index in [0.717, 1.165) is 43.9 Å². The fourth-order valence-electron chi connectivity index (χ4n) is 2.17. The summed E-state index contributed by atoms with van der Waals surface area (Å²) in [7, 11) is 4.89. The van der Waals surface area contributed by atoms with Gasteiger partial charge >= 0.3 is 0 Å². The van der Waals surface area contributed by atoms with Crippen LogP contribution in [0.4, 0.5) is 0 Å². The maximum absolute atomic E-state index is 5.46. The fraction of sp³-hybridized carbons (Fsp3) is 0.625. The van der Waals surface area contributed by atoms with Gasteiger partial charge in [-0.2, -0.15) is 0 Å². The topological polar surface area (TPSA) is 51.8 Å². The van der Waals surface area contributed by atoms with Gasteiger partial charge in [0, 0.05) is 12.1 Å². The van der Waals surface area contributed by atoms with Crippen LogP contribution in [0, 0.1) is 0 Å². The van der Waals surface area contributed by atoms with E-state index in [9.17, 15) is 0 Å². The molecule has 21 heavy (non-hydrogen) atoms. The van der Waals surface area contributed by atoms with E-state index in [0.29, 0.717) is 11.5 Å². The average Bonchev–Trinajstić information content (AvgIpc) is 2.52. The van der Waals surface area contributed by atoms with Gasteiger partial charge < -0.3 is 24.8 Å². The Morgan fingerprint density at radius 1 is 0.857 bits per heavy atom. The van der Waals surface area contributed by atoms with Crippen LogP contribution in [-0.4, -0.2) is 41.0 Å². The zero-order chi connectivity index (χ0) is 15.5. The summed E-state index contributed by atoms with van der Waals surface area (Å²) in [6, 6.07) is 3.91. The minimum atomic E-state index is 0.643. The van der Waals surface area contributed by atoms with Crippen LogP contribution < -0.4 is 24.8 Å². The van der Waals surface area contributed by atoms with Gasteiger partial charge in [0.25, 0.3) is 0 Å². The lowest BCUT2D eigenvalue weighted by Gasteiger charge is -2.16.